The molecule has 5 heteroatoms. The van der Waals surface area contributed by atoms with Gasteiger partial charge in [-0.1, -0.05) is 24.6 Å². The summed E-state index contributed by atoms with van der Waals surface area (Å²) < 4.78 is 5.06. The van der Waals surface area contributed by atoms with Crippen LogP contribution in [0.3, 0.4) is 0 Å². The maximum absolute atomic E-state index is 11.9. The molecule has 0 radical (unpaired) electrons. The third kappa shape index (κ3) is 5.43. The molecule has 1 amide bonds. The summed E-state index contributed by atoms with van der Waals surface area (Å²) in [4.78, 5) is 23.6. The fourth-order valence-electron chi connectivity index (χ4n) is 2.03. The molecule has 0 aliphatic carbocycles. The van der Waals surface area contributed by atoms with Gasteiger partial charge in [0.15, 0.2) is 0 Å². The van der Waals surface area contributed by atoms with Gasteiger partial charge in [-0.05, 0) is 49.7 Å². The molecule has 0 saturated heterocycles. The Balaban J connectivity index is 1.83. The standard InChI is InChI=1S/C19H22N2O3/c1-3-12-24-19(23)15-6-10-17(11-7-15)21-18(22)13-20-16-8-4-14(2)5-9-16/h4-11,20H,3,12-13H2,1-2H3,(H,21,22). The van der Waals surface area contributed by atoms with Gasteiger partial charge in [0.1, 0.15) is 0 Å². The van der Waals surface area contributed by atoms with Gasteiger partial charge in [0.25, 0.3) is 0 Å². The van der Waals surface area contributed by atoms with E-state index >= 15 is 0 Å². The van der Waals surface area contributed by atoms with Crippen LogP contribution in [-0.2, 0) is 9.53 Å². The minimum atomic E-state index is -0.351. The largest absolute Gasteiger partial charge is 0.462 e. The molecule has 0 aliphatic rings. The number of hydrogen-bond donors (Lipinski definition) is 2. The molecular weight excluding hydrogens is 304 g/mol. The number of hydrogen-bond acceptors (Lipinski definition) is 4. The van der Waals surface area contributed by atoms with Crippen molar-refractivity contribution < 1.29 is 14.3 Å². The Morgan fingerprint density at radius 3 is 2.21 bits per heavy atom. The monoisotopic (exact) mass is 326 g/mol. The number of aryl methyl sites for hydroxylation is 1. The van der Waals surface area contributed by atoms with E-state index in [1.54, 1.807) is 24.3 Å². The number of rotatable bonds is 7. The van der Waals surface area contributed by atoms with E-state index in [-0.39, 0.29) is 18.4 Å². The van der Waals surface area contributed by atoms with Gasteiger partial charge in [-0.3, -0.25) is 4.79 Å². The van der Waals surface area contributed by atoms with Crippen molar-refractivity contribution in [2.75, 3.05) is 23.8 Å². The fraction of sp³-hybridized carbons (Fsp3) is 0.263. The molecule has 0 atom stereocenters. The summed E-state index contributed by atoms with van der Waals surface area (Å²) in [6, 6.07) is 14.5. The van der Waals surface area contributed by atoms with Gasteiger partial charge in [0.2, 0.25) is 5.91 Å². The van der Waals surface area contributed by atoms with Crippen LogP contribution in [0, 0.1) is 6.92 Å². The molecule has 0 aromatic heterocycles. The van der Waals surface area contributed by atoms with Crippen LogP contribution in [0.2, 0.25) is 0 Å². The molecule has 2 N–H and O–H groups in total. The van der Waals surface area contributed by atoms with Crippen LogP contribution in [0.25, 0.3) is 0 Å². The molecular formula is C19H22N2O3. The van der Waals surface area contributed by atoms with Crippen molar-refractivity contribution in [2.45, 2.75) is 20.3 Å². The summed E-state index contributed by atoms with van der Waals surface area (Å²) in [6.07, 6.45) is 0.786. The molecule has 126 valence electrons. The maximum atomic E-state index is 11.9. The minimum Gasteiger partial charge on any atom is -0.462 e. The molecule has 0 unspecified atom stereocenters. The number of esters is 1. The number of nitrogens with one attached hydrogen (secondary N) is 2. The summed E-state index contributed by atoms with van der Waals surface area (Å²) >= 11 is 0. The second-order valence-electron chi connectivity index (χ2n) is 5.48. The average molecular weight is 326 g/mol. The minimum absolute atomic E-state index is 0.156. The average Bonchev–Trinajstić information content (AvgIpc) is 2.60. The van der Waals surface area contributed by atoms with Crippen molar-refractivity contribution in [1.82, 2.24) is 0 Å². The summed E-state index contributed by atoms with van der Waals surface area (Å²) in [7, 11) is 0. The topological polar surface area (TPSA) is 67.4 Å². The molecule has 2 aromatic carbocycles. The zero-order valence-corrected chi connectivity index (χ0v) is 14.0. The Kier molecular flexibility index (Phi) is 6.37. The van der Waals surface area contributed by atoms with Gasteiger partial charge in [-0.15, -0.1) is 0 Å². The summed E-state index contributed by atoms with van der Waals surface area (Å²) in [5.74, 6) is -0.507. The molecule has 0 heterocycles. The third-order valence-electron chi connectivity index (χ3n) is 3.35. The van der Waals surface area contributed by atoms with Crippen LogP contribution in [0.1, 0.15) is 29.3 Å². The zero-order valence-electron chi connectivity index (χ0n) is 14.0. The molecule has 0 bridgehead atoms. The summed E-state index contributed by atoms with van der Waals surface area (Å²) in [5.41, 5.74) is 3.17. The van der Waals surface area contributed by atoms with Crippen molar-refractivity contribution >= 4 is 23.3 Å². The van der Waals surface area contributed by atoms with Crippen LogP contribution in [0.4, 0.5) is 11.4 Å². The molecule has 0 fully saturated rings. The van der Waals surface area contributed by atoms with Crippen LogP contribution < -0.4 is 10.6 Å². The lowest BCUT2D eigenvalue weighted by molar-refractivity contribution is -0.114. The van der Waals surface area contributed by atoms with E-state index in [2.05, 4.69) is 10.6 Å². The number of carbonyl (C=O) groups is 2. The first kappa shape index (κ1) is 17.5. The van der Waals surface area contributed by atoms with Gasteiger partial charge < -0.3 is 15.4 Å². The van der Waals surface area contributed by atoms with Crippen molar-refractivity contribution in [3.8, 4) is 0 Å². The van der Waals surface area contributed by atoms with E-state index in [4.69, 9.17) is 4.74 Å². The zero-order chi connectivity index (χ0) is 17.4. The quantitative estimate of drug-likeness (QED) is 0.763. The Bertz CT molecular complexity index is 679. The van der Waals surface area contributed by atoms with E-state index in [0.717, 1.165) is 12.1 Å². The third-order valence-corrected chi connectivity index (χ3v) is 3.35. The maximum Gasteiger partial charge on any atom is 0.338 e. The second kappa shape index (κ2) is 8.72. The molecule has 0 saturated carbocycles. The Labute approximate surface area is 142 Å². The highest BCUT2D eigenvalue weighted by molar-refractivity contribution is 5.95. The second-order valence-corrected chi connectivity index (χ2v) is 5.48. The van der Waals surface area contributed by atoms with E-state index < -0.39 is 0 Å². The van der Waals surface area contributed by atoms with E-state index in [0.29, 0.717) is 17.9 Å². The Hall–Kier alpha value is -2.82. The van der Waals surface area contributed by atoms with Crippen LogP contribution in [-0.4, -0.2) is 25.0 Å². The Morgan fingerprint density at radius 2 is 1.58 bits per heavy atom. The first-order chi connectivity index (χ1) is 11.6. The molecule has 0 spiro atoms. The highest BCUT2D eigenvalue weighted by Crippen LogP contribution is 2.11. The lowest BCUT2D eigenvalue weighted by atomic mass is 10.2. The van der Waals surface area contributed by atoms with Gasteiger partial charge in [0, 0.05) is 11.4 Å². The number of carbonyl (C=O) groups excluding carboxylic acids is 2. The fourth-order valence-corrected chi connectivity index (χ4v) is 2.03. The molecule has 24 heavy (non-hydrogen) atoms. The van der Waals surface area contributed by atoms with Gasteiger partial charge in [0.05, 0.1) is 18.7 Å². The SMILES string of the molecule is CCCOC(=O)c1ccc(NC(=O)CNc2ccc(C)cc2)cc1. The molecule has 0 aliphatic heterocycles. The number of anilines is 2. The van der Waals surface area contributed by atoms with Crippen molar-refractivity contribution in [3.63, 3.8) is 0 Å². The lowest BCUT2D eigenvalue weighted by Gasteiger charge is -2.09. The highest BCUT2D eigenvalue weighted by atomic mass is 16.5. The predicted octanol–water partition coefficient (Wildman–Crippen LogP) is 3.61. The van der Waals surface area contributed by atoms with Gasteiger partial charge in [-0.2, -0.15) is 0 Å². The summed E-state index contributed by atoms with van der Waals surface area (Å²) in [6.45, 7) is 4.53. The van der Waals surface area contributed by atoms with E-state index in [9.17, 15) is 9.59 Å². The Morgan fingerprint density at radius 1 is 0.958 bits per heavy atom. The molecule has 2 rings (SSSR count). The first-order valence-electron chi connectivity index (χ1n) is 7.96. The van der Waals surface area contributed by atoms with Crippen molar-refractivity contribution in [2.24, 2.45) is 0 Å². The van der Waals surface area contributed by atoms with Crippen LogP contribution >= 0.6 is 0 Å². The van der Waals surface area contributed by atoms with Gasteiger partial charge in [-0.25, -0.2) is 4.79 Å². The highest BCUT2D eigenvalue weighted by Gasteiger charge is 2.07. The van der Waals surface area contributed by atoms with Gasteiger partial charge >= 0.3 is 5.97 Å². The number of amides is 1. The molecule has 5 nitrogen and oxygen atoms in total. The number of ether oxygens (including phenoxy) is 1. The van der Waals surface area contributed by atoms with Crippen LogP contribution in [0.5, 0.6) is 0 Å². The number of benzene rings is 2. The normalized spacial score (nSPS) is 10.1. The van der Waals surface area contributed by atoms with E-state index in [1.165, 1.54) is 5.56 Å². The predicted molar refractivity (Wildman–Crippen MR) is 95.3 cm³/mol. The first-order valence-corrected chi connectivity index (χ1v) is 7.96. The molecule has 2 aromatic rings. The van der Waals surface area contributed by atoms with Crippen molar-refractivity contribution in [3.05, 3.63) is 59.7 Å². The van der Waals surface area contributed by atoms with Crippen molar-refractivity contribution in [1.29, 1.82) is 0 Å². The summed E-state index contributed by atoms with van der Waals surface area (Å²) in [5, 5.41) is 5.84. The van der Waals surface area contributed by atoms with Crippen LogP contribution in [0.15, 0.2) is 48.5 Å². The van der Waals surface area contributed by atoms with E-state index in [1.807, 2.05) is 38.1 Å². The smallest absolute Gasteiger partial charge is 0.338 e. The lowest BCUT2D eigenvalue weighted by Crippen LogP contribution is -2.21.